The summed E-state index contributed by atoms with van der Waals surface area (Å²) in [7, 11) is 1.96. The Morgan fingerprint density at radius 1 is 1.13 bits per heavy atom. The summed E-state index contributed by atoms with van der Waals surface area (Å²) in [5, 5.41) is 3.31. The van der Waals surface area contributed by atoms with E-state index in [1.165, 1.54) is 11.1 Å². The fourth-order valence-corrected chi connectivity index (χ4v) is 4.93. The van der Waals surface area contributed by atoms with E-state index >= 15 is 0 Å². The number of ether oxygens (including phenoxy) is 1. The number of nitrogens with one attached hydrogen (secondary N) is 1. The predicted octanol–water partition coefficient (Wildman–Crippen LogP) is 2.98. The number of benzene rings is 1. The summed E-state index contributed by atoms with van der Waals surface area (Å²) in [5.41, 5.74) is 12.9. The second kappa shape index (κ2) is 6.40. The molecule has 152 valence electrons. The second-order valence-corrected chi connectivity index (χ2v) is 8.46. The molecule has 3 heterocycles. The highest BCUT2D eigenvalue weighted by molar-refractivity contribution is 5.88. The number of aromatic nitrogens is 3. The highest BCUT2D eigenvalue weighted by atomic mass is 16.5. The lowest BCUT2D eigenvalue weighted by atomic mass is 10.1. The molecule has 1 saturated heterocycles. The molecule has 2 aliphatic carbocycles. The fraction of sp³-hybridized carbons (Fsp3) is 0.348. The van der Waals surface area contributed by atoms with Crippen LogP contribution in [0.15, 0.2) is 36.5 Å². The molecular weight excluding hydrogens is 376 g/mol. The van der Waals surface area contributed by atoms with Gasteiger partial charge < -0.3 is 20.7 Å². The van der Waals surface area contributed by atoms with Crippen LogP contribution in [0.25, 0.3) is 11.1 Å². The number of pyridine rings is 1. The van der Waals surface area contributed by atoms with Gasteiger partial charge in [0.25, 0.3) is 0 Å². The average molecular weight is 400 g/mol. The van der Waals surface area contributed by atoms with Gasteiger partial charge in [-0.25, -0.2) is 0 Å². The van der Waals surface area contributed by atoms with Gasteiger partial charge in [-0.2, -0.15) is 9.97 Å². The van der Waals surface area contributed by atoms with Gasteiger partial charge in [0, 0.05) is 49.5 Å². The largest absolute Gasteiger partial charge is 0.423 e. The molecule has 3 N–H and O–H groups in total. The summed E-state index contributed by atoms with van der Waals surface area (Å²) < 4.78 is 6.02. The molecule has 3 aliphatic rings. The molecule has 2 aromatic heterocycles. The van der Waals surface area contributed by atoms with E-state index in [2.05, 4.69) is 33.4 Å². The van der Waals surface area contributed by atoms with Gasteiger partial charge in [0.15, 0.2) is 0 Å². The normalized spacial score (nSPS) is 23.0. The molecule has 2 atom stereocenters. The van der Waals surface area contributed by atoms with Crippen molar-refractivity contribution in [3.63, 3.8) is 0 Å². The highest BCUT2D eigenvalue weighted by Gasteiger charge is 2.54. The van der Waals surface area contributed by atoms with Crippen molar-refractivity contribution < 1.29 is 4.74 Å². The van der Waals surface area contributed by atoms with Crippen molar-refractivity contribution >= 4 is 11.5 Å². The van der Waals surface area contributed by atoms with Crippen LogP contribution in [0.5, 0.6) is 11.8 Å². The van der Waals surface area contributed by atoms with Gasteiger partial charge in [0.1, 0.15) is 11.6 Å². The number of aryl methyl sites for hydroxylation is 1. The zero-order valence-corrected chi connectivity index (χ0v) is 17.1. The monoisotopic (exact) mass is 400 g/mol. The van der Waals surface area contributed by atoms with Crippen molar-refractivity contribution in [2.45, 2.75) is 19.4 Å². The molecule has 2 fully saturated rings. The zero-order valence-electron chi connectivity index (χ0n) is 17.1. The van der Waals surface area contributed by atoms with E-state index in [0.29, 0.717) is 29.6 Å². The maximum absolute atomic E-state index is 6.18. The lowest BCUT2D eigenvalue weighted by Crippen LogP contribution is -2.29. The number of nitrogens with two attached hydrogens (primary N) is 1. The van der Waals surface area contributed by atoms with Crippen LogP contribution in [0, 0.1) is 18.8 Å². The molecular formula is C23H24N6O. The van der Waals surface area contributed by atoms with Crippen molar-refractivity contribution in [1.29, 1.82) is 0 Å². The van der Waals surface area contributed by atoms with Crippen molar-refractivity contribution in [1.82, 2.24) is 15.0 Å². The van der Waals surface area contributed by atoms with E-state index in [1.54, 1.807) is 6.20 Å². The summed E-state index contributed by atoms with van der Waals surface area (Å²) in [4.78, 5) is 16.4. The number of hydrogen-bond donors (Lipinski definition) is 2. The van der Waals surface area contributed by atoms with Crippen molar-refractivity contribution in [2.75, 3.05) is 30.4 Å². The summed E-state index contributed by atoms with van der Waals surface area (Å²) >= 11 is 0. The minimum Gasteiger partial charge on any atom is -0.423 e. The smallest absolute Gasteiger partial charge is 0.324 e. The van der Waals surface area contributed by atoms with Gasteiger partial charge in [-0.05, 0) is 48.1 Å². The van der Waals surface area contributed by atoms with Gasteiger partial charge in [-0.1, -0.05) is 12.1 Å². The molecule has 3 aromatic rings. The first kappa shape index (κ1) is 17.7. The Bertz CT molecular complexity index is 1130. The molecule has 0 radical (unpaired) electrons. The van der Waals surface area contributed by atoms with Crippen molar-refractivity contribution in [3.05, 3.63) is 53.5 Å². The van der Waals surface area contributed by atoms with Crippen LogP contribution in [0.1, 0.15) is 17.0 Å². The fourth-order valence-electron chi connectivity index (χ4n) is 4.93. The van der Waals surface area contributed by atoms with E-state index in [1.807, 2.05) is 26.1 Å². The molecule has 2 unspecified atom stereocenters. The van der Waals surface area contributed by atoms with E-state index in [4.69, 9.17) is 20.4 Å². The Labute approximate surface area is 175 Å². The molecule has 7 heteroatoms. The van der Waals surface area contributed by atoms with Crippen molar-refractivity contribution in [3.8, 4) is 22.9 Å². The number of anilines is 2. The quantitative estimate of drug-likeness (QED) is 0.544. The maximum Gasteiger partial charge on any atom is 0.324 e. The van der Waals surface area contributed by atoms with Crippen LogP contribution >= 0.6 is 0 Å². The number of fused-ring (bicyclic) bond motifs is 4. The van der Waals surface area contributed by atoms with Crippen LogP contribution in [0.4, 0.5) is 11.5 Å². The number of nitrogens with zero attached hydrogens (tertiary/aromatic N) is 4. The molecule has 1 aliphatic heterocycles. The SMILES string of the molecule is CNc1cccc2c1Cc1nc(Oc3ccc(C)nc3)nc(N3CC4C(N)C4C3)c1-2. The third-order valence-electron chi connectivity index (χ3n) is 6.66. The molecule has 6 rings (SSSR count). The first-order valence-electron chi connectivity index (χ1n) is 10.4. The summed E-state index contributed by atoms with van der Waals surface area (Å²) in [6, 6.07) is 10.9. The summed E-state index contributed by atoms with van der Waals surface area (Å²) in [6.07, 6.45) is 2.48. The van der Waals surface area contributed by atoms with Crippen LogP contribution in [-0.2, 0) is 6.42 Å². The zero-order chi connectivity index (χ0) is 20.4. The van der Waals surface area contributed by atoms with E-state index in [0.717, 1.165) is 48.0 Å². The van der Waals surface area contributed by atoms with E-state index in [9.17, 15) is 0 Å². The van der Waals surface area contributed by atoms with Crippen molar-refractivity contribution in [2.24, 2.45) is 17.6 Å². The van der Waals surface area contributed by atoms with Crippen LogP contribution in [-0.4, -0.2) is 41.1 Å². The maximum atomic E-state index is 6.18. The third kappa shape index (κ3) is 2.65. The van der Waals surface area contributed by atoms with Gasteiger partial charge in [0.05, 0.1) is 11.9 Å². The van der Waals surface area contributed by atoms with E-state index < -0.39 is 0 Å². The van der Waals surface area contributed by atoms with Gasteiger partial charge in [-0.3, -0.25) is 4.98 Å². The molecule has 0 spiro atoms. The Morgan fingerprint density at radius 2 is 1.97 bits per heavy atom. The second-order valence-electron chi connectivity index (χ2n) is 8.46. The number of hydrogen-bond acceptors (Lipinski definition) is 7. The Hall–Kier alpha value is -3.19. The lowest BCUT2D eigenvalue weighted by Gasteiger charge is -2.23. The molecule has 0 amide bonds. The summed E-state index contributed by atoms with van der Waals surface area (Å²) in [6.45, 7) is 3.84. The Morgan fingerprint density at radius 3 is 2.70 bits per heavy atom. The van der Waals surface area contributed by atoms with E-state index in [-0.39, 0.29) is 0 Å². The molecule has 0 bridgehead atoms. The molecule has 1 saturated carbocycles. The van der Waals surface area contributed by atoms with Crippen LogP contribution in [0.2, 0.25) is 0 Å². The topological polar surface area (TPSA) is 89.2 Å². The Balaban J connectivity index is 1.44. The highest BCUT2D eigenvalue weighted by Crippen LogP contribution is 2.50. The van der Waals surface area contributed by atoms with Crippen LogP contribution in [0.3, 0.4) is 0 Å². The minimum atomic E-state index is 0.341. The molecule has 30 heavy (non-hydrogen) atoms. The first-order chi connectivity index (χ1) is 14.6. The van der Waals surface area contributed by atoms with Gasteiger partial charge >= 0.3 is 6.01 Å². The van der Waals surface area contributed by atoms with Gasteiger partial charge in [-0.15, -0.1) is 0 Å². The Kier molecular flexibility index (Phi) is 3.77. The average Bonchev–Trinajstić information content (AvgIpc) is 3.13. The number of piperidine rings is 1. The van der Waals surface area contributed by atoms with Crippen LogP contribution < -0.4 is 20.7 Å². The lowest BCUT2D eigenvalue weighted by molar-refractivity contribution is 0.438. The molecule has 7 nitrogen and oxygen atoms in total. The minimum absolute atomic E-state index is 0.341. The third-order valence-corrected chi connectivity index (χ3v) is 6.66. The summed E-state index contributed by atoms with van der Waals surface area (Å²) in [5.74, 6) is 2.75. The first-order valence-corrected chi connectivity index (χ1v) is 10.4. The molecule has 1 aromatic carbocycles. The standard InChI is InChI=1S/C23H24N6O/c1-12-6-7-13(9-26-12)30-23-27-19-8-15-14(4-3-5-18(15)25-2)20(19)22(28-23)29-10-16-17(11-29)21(16)24/h3-7,9,16-17,21,25H,8,10-11,24H2,1-2H3. The predicted molar refractivity (Wildman–Crippen MR) is 116 cm³/mol. The number of rotatable bonds is 4. The van der Waals surface area contributed by atoms with Gasteiger partial charge in [0.2, 0.25) is 0 Å².